The van der Waals surface area contributed by atoms with Crippen LogP contribution >= 0.6 is 0 Å². The smallest absolute Gasteiger partial charge is 0.245 e. The molecule has 18 amide bonds. The van der Waals surface area contributed by atoms with Crippen LogP contribution in [0.2, 0.25) is 0 Å². The Kier molecular flexibility index (Phi) is 49.1. The SMILES string of the molecule is CC(=O)N[C@@H](C)C(=O)N[C@@H](CO)C(=O)N[C@@H](CC(C)C)C(=O)N[C@@H](CCCNC(=N)N)C(=O)N[C@@H](Cc1c[nH]cn1)C(=O)N[C@@H](Cc1ccc(O)cc1)C(=O)N[C@@H](CC(C)C)C(=O)N[C@@H](CC(N)=O)C(=O)N[C@@H](Cc1ccc2ccccc2c1)C(=O)N[C@H](C(=O)N[C@H](C(=O)N[C@@H](CCCNC(=N)N)C(=O)N[C@@H](CCC(N)=O)C(=O)N[C@@H](CCCNC(=N)N)C(=O)N[C@@H](Cc1ccc(O)cc1)C(N)=O)[C@@H](C)O)C(C)C. The van der Waals surface area contributed by atoms with Gasteiger partial charge in [-0.2, -0.15) is 0 Å². The summed E-state index contributed by atoms with van der Waals surface area (Å²) in [4.78, 5) is 262. The molecule has 0 fully saturated rings. The van der Waals surface area contributed by atoms with Crippen LogP contribution in [-0.4, -0.2) is 278 Å². The number of carbonyl (C=O) groups is 18. The van der Waals surface area contributed by atoms with E-state index in [9.17, 15) is 82.8 Å². The lowest BCUT2D eigenvalue weighted by molar-refractivity contribution is -0.138. The van der Waals surface area contributed by atoms with Gasteiger partial charge in [-0.1, -0.05) is 108 Å². The molecule has 0 saturated carbocycles. The standard InChI is InChI=1S/C93H139N29O22/c1-46(2)35-65(115-88(142)71(44-123)120-77(131)49(7)108-51(9)125)82(136)110-61(18-13-33-105-92(99)100)80(134)118-69(41-57-43-103-45-107-57)85(139)116-67(39-53-23-28-59(127)29-24-53)84(138)114-66(36-47(3)4)83(137)119-70(42-73(95)129)86(140)117-68(40-54-20-25-55-15-10-11-16-56(55)37-54)87(141)121-74(48(5)6)89(143)122-75(50(8)124)90(144)112-62(19-14-34-106-93(101)102)78(132)111-63(30-31-72(94)128)81(135)109-60(17-12-32-104-91(97)98)79(133)113-64(76(96)130)38-52-21-26-58(126)27-22-52/h10-11,15-16,20-29,37,43,45-50,60-71,74-75,123-124,126-127H,12-14,17-19,30-36,38-42,44H2,1-9H3,(H2,94,128)(H2,95,129)(H2,96,130)(H,103,107)(H,108,125)(H,109,135)(H,110,136)(H,111,132)(H,112,144)(H,113,133)(H,114,138)(H,115,142)(H,116,139)(H,117,140)(H,118,134)(H,119,137)(H,120,131)(H,121,141)(H,122,143)(H4,97,98,104)(H4,99,100,105)(H4,101,102,106)/t49-,50+,60-,61-,62-,63-,64-,65-,66-,67-,68-,69-,70-,71-,74-,75-/m0/s1. The van der Waals surface area contributed by atoms with E-state index >= 15 is 24.0 Å². The van der Waals surface area contributed by atoms with E-state index in [1.807, 2.05) is 0 Å². The van der Waals surface area contributed by atoms with E-state index in [4.69, 9.17) is 50.6 Å². The number of imidazole rings is 1. The van der Waals surface area contributed by atoms with E-state index in [0.717, 1.165) is 19.2 Å². The van der Waals surface area contributed by atoms with Crippen molar-refractivity contribution >= 4 is 135 Å². The van der Waals surface area contributed by atoms with Crippen molar-refractivity contribution in [2.24, 2.45) is 52.2 Å². The number of phenols is 2. The molecule has 0 bridgehead atoms. The minimum Gasteiger partial charge on any atom is -0.508 e. The van der Waals surface area contributed by atoms with Gasteiger partial charge in [0.15, 0.2) is 17.9 Å². The maximum Gasteiger partial charge on any atom is 0.245 e. The van der Waals surface area contributed by atoms with Gasteiger partial charge < -0.3 is 156 Å². The minimum absolute atomic E-state index is 0.00142. The molecule has 0 spiro atoms. The Morgan fingerprint density at radius 2 is 0.715 bits per heavy atom. The summed E-state index contributed by atoms with van der Waals surface area (Å²) in [6, 6.07) is -1.43. The fraction of sp³-hybridized carbons (Fsp3) is 0.505. The molecule has 51 nitrogen and oxygen atoms in total. The van der Waals surface area contributed by atoms with Crippen LogP contribution < -0.4 is 130 Å². The Bertz CT molecular complexity index is 5260. The lowest BCUT2D eigenvalue weighted by atomic mass is 9.98. The molecule has 0 aliphatic carbocycles. The zero-order valence-corrected chi connectivity index (χ0v) is 81.8. The number of aromatic hydroxyl groups is 2. The second-order valence-corrected chi connectivity index (χ2v) is 36.0. The average molecular weight is 2020 g/mol. The van der Waals surface area contributed by atoms with Gasteiger partial charge in [-0.05, 0) is 141 Å². The number of aliphatic hydroxyl groups excluding tert-OH is 2. The molecule has 51 heteroatoms. The Labute approximate surface area is 831 Å². The fourth-order valence-electron chi connectivity index (χ4n) is 14.8. The van der Waals surface area contributed by atoms with Gasteiger partial charge in [0.05, 0.1) is 31.2 Å². The quantitative estimate of drug-likeness (QED) is 0.00977. The number of rotatable bonds is 62. The summed E-state index contributed by atoms with van der Waals surface area (Å²) >= 11 is 0. The molecule has 144 heavy (non-hydrogen) atoms. The van der Waals surface area contributed by atoms with E-state index in [2.05, 4.69) is 106 Å². The monoisotopic (exact) mass is 2010 g/mol. The number of nitrogens with one attached hydrogen (secondary N) is 22. The maximum absolute atomic E-state index is 15.2. The number of hydrogen-bond acceptors (Lipinski definition) is 26. The highest BCUT2D eigenvalue weighted by atomic mass is 16.3. The first kappa shape index (κ1) is 119. The van der Waals surface area contributed by atoms with Gasteiger partial charge in [0.1, 0.15) is 102 Å². The van der Waals surface area contributed by atoms with Crippen molar-refractivity contribution in [3.05, 3.63) is 126 Å². The number of nitrogens with two attached hydrogens (primary N) is 6. The number of primary amides is 3. The van der Waals surface area contributed by atoms with Crippen LogP contribution in [0, 0.1) is 34.0 Å². The number of hydrogen-bond donors (Lipinski definition) is 32. The summed E-state index contributed by atoms with van der Waals surface area (Å²) in [6.45, 7) is 12.3. The molecule has 5 aromatic rings. The van der Waals surface area contributed by atoms with Crippen molar-refractivity contribution in [3.63, 3.8) is 0 Å². The fourth-order valence-corrected chi connectivity index (χ4v) is 14.8. The zero-order valence-electron chi connectivity index (χ0n) is 81.8. The number of fused-ring (bicyclic) bond motifs is 1. The van der Waals surface area contributed by atoms with Gasteiger partial charge in [0, 0.05) is 64.9 Å². The molecule has 0 unspecified atom stereocenters. The van der Waals surface area contributed by atoms with E-state index in [1.165, 1.54) is 81.8 Å². The van der Waals surface area contributed by atoms with Gasteiger partial charge in [0.25, 0.3) is 0 Å². The molecule has 0 saturated heterocycles. The minimum atomic E-state index is -1.99. The molecule has 4 aromatic carbocycles. The lowest BCUT2D eigenvalue weighted by Crippen LogP contribution is -2.63. The lowest BCUT2D eigenvalue weighted by Gasteiger charge is -2.30. The van der Waals surface area contributed by atoms with Crippen molar-refractivity contribution in [3.8, 4) is 11.5 Å². The maximum atomic E-state index is 15.2. The first-order valence-corrected chi connectivity index (χ1v) is 46.8. The normalized spacial score (nSPS) is 14.5. The summed E-state index contributed by atoms with van der Waals surface area (Å²) in [6.07, 6.45) is -3.59. The Balaban J connectivity index is 1.47. The summed E-state index contributed by atoms with van der Waals surface area (Å²) < 4.78 is 0. The molecule has 1 heterocycles. The molecule has 1 aromatic heterocycles. The van der Waals surface area contributed by atoms with Gasteiger partial charge in [0.2, 0.25) is 106 Å². The van der Waals surface area contributed by atoms with E-state index < -0.39 is 271 Å². The van der Waals surface area contributed by atoms with Gasteiger partial charge in [-0.25, -0.2) is 4.98 Å². The molecule has 5 rings (SSSR count). The molecule has 38 N–H and O–H groups in total. The average Bonchev–Trinajstić information content (AvgIpc) is 0.928. The third-order valence-corrected chi connectivity index (χ3v) is 22.4. The topological polar surface area (TPSA) is 861 Å². The van der Waals surface area contributed by atoms with Crippen molar-refractivity contribution in [2.45, 2.75) is 255 Å². The van der Waals surface area contributed by atoms with Gasteiger partial charge >= 0.3 is 0 Å². The number of nitrogens with zero attached hydrogens (tertiary/aromatic N) is 1. The van der Waals surface area contributed by atoms with Gasteiger partial charge in [-0.15, -0.1) is 0 Å². The summed E-state index contributed by atoms with van der Waals surface area (Å²) in [5.41, 5.74) is 35.0. The Hall–Kier alpha value is -15.9. The number of aromatic nitrogens is 2. The van der Waals surface area contributed by atoms with E-state index in [1.54, 1.807) is 70.2 Å². The molecular formula is C93H139N29O22. The predicted octanol–water partition coefficient (Wildman–Crippen LogP) is -6.91. The second kappa shape index (κ2) is 59.7. The van der Waals surface area contributed by atoms with Crippen LogP contribution in [0.5, 0.6) is 11.5 Å². The predicted molar refractivity (Wildman–Crippen MR) is 525 cm³/mol. The number of aliphatic hydroxyl groups is 2. The molecular weight excluding hydrogens is 1880 g/mol. The van der Waals surface area contributed by atoms with Crippen LogP contribution in [-0.2, 0) is 112 Å². The highest BCUT2D eigenvalue weighted by Gasteiger charge is 2.41. The number of guanidine groups is 3. The van der Waals surface area contributed by atoms with Crippen molar-refractivity contribution in [1.82, 2.24) is 106 Å². The molecule has 0 aliphatic rings. The summed E-state index contributed by atoms with van der Waals surface area (Å²) in [5.74, 6) is -22.0. The van der Waals surface area contributed by atoms with Crippen LogP contribution in [0.15, 0.2) is 104 Å². The highest BCUT2D eigenvalue weighted by molar-refractivity contribution is 6.02. The largest absolute Gasteiger partial charge is 0.508 e. The molecule has 0 aliphatic heterocycles. The van der Waals surface area contributed by atoms with Crippen LogP contribution in [0.1, 0.15) is 155 Å². The first-order valence-electron chi connectivity index (χ1n) is 46.8. The summed E-state index contributed by atoms with van der Waals surface area (Å²) in [7, 11) is 0. The van der Waals surface area contributed by atoms with Crippen LogP contribution in [0.25, 0.3) is 10.8 Å². The van der Waals surface area contributed by atoms with Crippen molar-refractivity contribution in [1.29, 1.82) is 16.2 Å². The van der Waals surface area contributed by atoms with Crippen LogP contribution in [0.4, 0.5) is 0 Å². The zero-order chi connectivity index (χ0) is 107. The molecule has 16 atom stereocenters. The highest BCUT2D eigenvalue weighted by Crippen LogP contribution is 2.21. The number of phenolic OH excluding ortho intramolecular Hbond substituents is 2. The molecule has 0 radical (unpaired) electrons. The number of H-pyrrole nitrogens is 1. The molecule has 788 valence electrons. The number of benzene rings is 4. The number of carbonyl (C=O) groups excluding carboxylic acids is 18. The van der Waals surface area contributed by atoms with E-state index in [0.29, 0.717) is 22.1 Å². The Morgan fingerprint density at radius 1 is 0.368 bits per heavy atom. The number of amides is 18. The van der Waals surface area contributed by atoms with E-state index in [-0.39, 0.29) is 107 Å². The first-order chi connectivity index (χ1) is 67.9. The summed E-state index contributed by atoms with van der Waals surface area (Å²) in [5, 5.41) is 112. The van der Waals surface area contributed by atoms with Crippen LogP contribution in [0.3, 0.4) is 0 Å². The van der Waals surface area contributed by atoms with Gasteiger partial charge in [-0.3, -0.25) is 103 Å². The third-order valence-electron chi connectivity index (χ3n) is 22.4. The third kappa shape index (κ3) is 42.7. The number of aromatic amines is 1. The van der Waals surface area contributed by atoms with Crippen molar-refractivity contribution in [2.75, 3.05) is 26.2 Å². The second-order valence-electron chi connectivity index (χ2n) is 36.0. The van der Waals surface area contributed by atoms with Crippen molar-refractivity contribution < 1.29 is 107 Å². The Morgan fingerprint density at radius 3 is 1.12 bits per heavy atom.